The van der Waals surface area contributed by atoms with Gasteiger partial charge in [0.15, 0.2) is 0 Å². The van der Waals surface area contributed by atoms with Crippen molar-refractivity contribution >= 4 is 5.97 Å². The molecule has 0 spiro atoms. The van der Waals surface area contributed by atoms with Crippen LogP contribution in [0.1, 0.15) is 118 Å². The summed E-state index contributed by atoms with van der Waals surface area (Å²) >= 11 is 0. The molecule has 0 aliphatic heterocycles. The Kier molecular flexibility index (Phi) is 7.24. The third-order valence-corrected chi connectivity index (χ3v) is 10.1. The van der Waals surface area contributed by atoms with Crippen molar-refractivity contribution in [2.75, 3.05) is 0 Å². The van der Waals surface area contributed by atoms with Crippen molar-refractivity contribution in [1.82, 2.24) is 0 Å². The molecule has 0 saturated heterocycles. The van der Waals surface area contributed by atoms with Crippen LogP contribution in [0, 0.1) is 40.9 Å². The number of rotatable bonds is 7. The van der Waals surface area contributed by atoms with Crippen LogP contribution in [0.3, 0.4) is 0 Å². The molecular weight excluding hydrogens is 380 g/mol. The molecule has 4 rings (SSSR count). The van der Waals surface area contributed by atoms with Gasteiger partial charge in [-0.05, 0) is 98.7 Å². The van der Waals surface area contributed by atoms with E-state index in [1.54, 1.807) is 12.5 Å². The van der Waals surface area contributed by atoms with Crippen molar-refractivity contribution in [2.24, 2.45) is 40.9 Å². The molecule has 2 saturated carbocycles. The quantitative estimate of drug-likeness (QED) is 0.232. The Balaban J connectivity index is 1.47. The molecule has 0 aromatic heterocycles. The maximum atomic E-state index is 11.5. The van der Waals surface area contributed by atoms with E-state index in [2.05, 4.69) is 27.7 Å². The zero-order chi connectivity index (χ0) is 22.2. The van der Waals surface area contributed by atoms with Crippen LogP contribution in [-0.2, 0) is 9.53 Å². The summed E-state index contributed by atoms with van der Waals surface area (Å²) in [5, 5.41) is 0. The lowest BCUT2D eigenvalue weighted by Crippen LogP contribution is -2.45. The summed E-state index contributed by atoms with van der Waals surface area (Å²) in [7, 11) is 0. The summed E-state index contributed by atoms with van der Waals surface area (Å²) < 4.78 is 5.66. The average Bonchev–Trinajstić information content (AvgIpc) is 3.06. The van der Waals surface area contributed by atoms with Crippen LogP contribution in [0.4, 0.5) is 0 Å². The molecule has 0 N–H and O–H groups in total. The Hall–Kier alpha value is -0.790. The van der Waals surface area contributed by atoms with Crippen LogP contribution in [0.2, 0.25) is 0 Å². The lowest BCUT2D eigenvalue weighted by molar-refractivity contribution is -0.147. The van der Waals surface area contributed by atoms with Gasteiger partial charge in [-0.25, -0.2) is 0 Å². The summed E-state index contributed by atoms with van der Waals surface area (Å²) in [6, 6.07) is 0. The van der Waals surface area contributed by atoms with Crippen molar-refractivity contribution < 1.29 is 9.53 Å². The topological polar surface area (TPSA) is 26.3 Å². The first-order valence-electron chi connectivity index (χ1n) is 13.7. The third-order valence-electron chi connectivity index (χ3n) is 10.1. The smallest absolute Gasteiger partial charge is 0.302 e. The molecule has 0 aromatic rings. The van der Waals surface area contributed by atoms with E-state index in [4.69, 9.17) is 4.74 Å². The Bertz CT molecular complexity index is 676. The van der Waals surface area contributed by atoms with Crippen LogP contribution in [0.25, 0.3) is 0 Å². The van der Waals surface area contributed by atoms with Gasteiger partial charge in [-0.15, -0.1) is 0 Å². The van der Waals surface area contributed by atoms with Gasteiger partial charge in [0.25, 0.3) is 0 Å². The number of fused-ring (bicyclic) bond motifs is 4. The van der Waals surface area contributed by atoms with Crippen molar-refractivity contribution in [3.63, 3.8) is 0 Å². The van der Waals surface area contributed by atoms with Crippen LogP contribution < -0.4 is 0 Å². The molecule has 7 unspecified atom stereocenters. The van der Waals surface area contributed by atoms with Gasteiger partial charge in [0.05, 0.1) is 0 Å². The van der Waals surface area contributed by atoms with Crippen LogP contribution in [0.5, 0.6) is 0 Å². The van der Waals surface area contributed by atoms with E-state index in [-0.39, 0.29) is 12.1 Å². The number of allylic oxidation sites excluding steroid dienone is 1. The van der Waals surface area contributed by atoms with Gasteiger partial charge in [-0.1, -0.05) is 58.1 Å². The molecular formula is C29H48O2. The summed E-state index contributed by atoms with van der Waals surface area (Å²) in [5.41, 5.74) is 4.15. The largest absolute Gasteiger partial charge is 0.462 e. The zero-order valence-corrected chi connectivity index (χ0v) is 21.1. The van der Waals surface area contributed by atoms with E-state index < -0.39 is 0 Å². The fraction of sp³-hybridized carbons (Fsp3) is 0.897. The number of unbranched alkanes of at least 4 members (excludes halogenated alkanes) is 1. The SMILES string of the molecule is CCC1CC2C(CCC3(C)C(CCCCC(C)C)CCC23)C2=C1CC(OC(C)=O)CC2. The van der Waals surface area contributed by atoms with E-state index in [9.17, 15) is 4.79 Å². The van der Waals surface area contributed by atoms with E-state index in [0.29, 0.717) is 5.41 Å². The van der Waals surface area contributed by atoms with E-state index in [1.165, 1.54) is 70.6 Å². The molecule has 2 heteroatoms. The molecule has 0 heterocycles. The molecule has 176 valence electrons. The molecule has 7 atom stereocenters. The van der Waals surface area contributed by atoms with Crippen LogP contribution in [0.15, 0.2) is 11.1 Å². The lowest BCUT2D eigenvalue weighted by Gasteiger charge is -2.54. The highest BCUT2D eigenvalue weighted by Gasteiger charge is 2.55. The number of hydrogen-bond donors (Lipinski definition) is 0. The van der Waals surface area contributed by atoms with Crippen molar-refractivity contribution in [3.05, 3.63) is 11.1 Å². The van der Waals surface area contributed by atoms with Crippen molar-refractivity contribution in [3.8, 4) is 0 Å². The highest BCUT2D eigenvalue weighted by atomic mass is 16.5. The molecule has 0 aromatic carbocycles. The number of carbonyl (C=O) groups excluding carboxylic acids is 1. The second-order valence-electron chi connectivity index (χ2n) is 12.2. The molecule has 31 heavy (non-hydrogen) atoms. The standard InChI is InChI=1S/C29H48O2/c1-6-21-17-27-25(24-13-12-23(18-26(21)24)31-20(4)30)15-16-29(5)22(11-14-28(27)29)10-8-7-9-19(2)3/h19,21-23,25,27-28H,6-18H2,1-5H3. The van der Waals surface area contributed by atoms with Gasteiger partial charge in [0.2, 0.25) is 0 Å². The molecule has 4 aliphatic carbocycles. The number of hydrogen-bond acceptors (Lipinski definition) is 2. The molecule has 0 amide bonds. The van der Waals surface area contributed by atoms with Gasteiger partial charge in [-0.3, -0.25) is 4.79 Å². The van der Waals surface area contributed by atoms with Gasteiger partial charge >= 0.3 is 5.97 Å². The minimum Gasteiger partial charge on any atom is -0.462 e. The first-order chi connectivity index (χ1) is 14.8. The van der Waals surface area contributed by atoms with Gasteiger partial charge in [0.1, 0.15) is 6.10 Å². The first kappa shape index (κ1) is 23.4. The molecule has 4 aliphatic rings. The predicted octanol–water partition coefficient (Wildman–Crippen LogP) is 8.10. The highest BCUT2D eigenvalue weighted by Crippen LogP contribution is 2.64. The number of esters is 1. The summed E-state index contributed by atoms with van der Waals surface area (Å²) in [4.78, 5) is 11.5. The number of ether oxygens (including phenoxy) is 1. The van der Waals surface area contributed by atoms with E-state index in [1.807, 2.05) is 5.57 Å². The highest BCUT2D eigenvalue weighted by molar-refractivity contribution is 5.66. The minimum absolute atomic E-state index is 0.102. The fourth-order valence-electron chi connectivity index (χ4n) is 8.60. The molecule has 2 nitrogen and oxygen atoms in total. The van der Waals surface area contributed by atoms with Gasteiger partial charge in [-0.2, -0.15) is 0 Å². The van der Waals surface area contributed by atoms with E-state index in [0.717, 1.165) is 48.3 Å². The summed E-state index contributed by atoms with van der Waals surface area (Å²) in [6.45, 7) is 11.4. The maximum Gasteiger partial charge on any atom is 0.302 e. The van der Waals surface area contributed by atoms with Crippen LogP contribution >= 0.6 is 0 Å². The summed E-state index contributed by atoms with van der Waals surface area (Å²) in [6.07, 6.45) is 17.7. The van der Waals surface area contributed by atoms with Gasteiger partial charge in [0, 0.05) is 13.3 Å². The normalized spacial score (nSPS) is 39.8. The number of carbonyl (C=O) groups is 1. The Morgan fingerprint density at radius 1 is 1.13 bits per heavy atom. The van der Waals surface area contributed by atoms with E-state index >= 15 is 0 Å². The Morgan fingerprint density at radius 2 is 1.94 bits per heavy atom. The second-order valence-corrected chi connectivity index (χ2v) is 12.2. The Labute approximate surface area is 192 Å². The minimum atomic E-state index is -0.102. The van der Waals surface area contributed by atoms with Gasteiger partial charge < -0.3 is 4.74 Å². The fourth-order valence-corrected chi connectivity index (χ4v) is 8.60. The van der Waals surface area contributed by atoms with Crippen molar-refractivity contribution in [1.29, 1.82) is 0 Å². The van der Waals surface area contributed by atoms with Crippen molar-refractivity contribution in [2.45, 2.75) is 124 Å². The predicted molar refractivity (Wildman–Crippen MR) is 129 cm³/mol. The molecule has 0 radical (unpaired) electrons. The molecule has 0 bridgehead atoms. The maximum absolute atomic E-state index is 11.5. The zero-order valence-electron chi connectivity index (χ0n) is 21.1. The summed E-state index contributed by atoms with van der Waals surface area (Å²) in [5.74, 6) is 5.18. The average molecular weight is 429 g/mol. The molecule has 2 fully saturated rings. The second kappa shape index (κ2) is 9.60. The Morgan fingerprint density at radius 3 is 2.65 bits per heavy atom. The third kappa shape index (κ3) is 4.65. The van der Waals surface area contributed by atoms with Crippen LogP contribution in [-0.4, -0.2) is 12.1 Å². The monoisotopic (exact) mass is 428 g/mol. The lowest BCUT2D eigenvalue weighted by atomic mass is 9.51. The first-order valence-corrected chi connectivity index (χ1v) is 13.7.